The van der Waals surface area contributed by atoms with Gasteiger partial charge in [0.2, 0.25) is 0 Å². The number of piperidine rings is 1. The number of likely N-dealkylation sites (tertiary alicyclic amines) is 1. The minimum Gasteiger partial charge on any atom is -0.370 e. The van der Waals surface area contributed by atoms with Crippen molar-refractivity contribution in [2.75, 3.05) is 39.3 Å². The van der Waals surface area contributed by atoms with E-state index in [0.29, 0.717) is 6.10 Å². The van der Waals surface area contributed by atoms with Crippen LogP contribution in [0.1, 0.15) is 43.7 Å². The molecule has 1 amide bonds. The van der Waals surface area contributed by atoms with Gasteiger partial charge in [0, 0.05) is 44.8 Å². The summed E-state index contributed by atoms with van der Waals surface area (Å²) in [7, 11) is 0. The topological polar surface area (TPSA) is 44.8 Å². The highest BCUT2D eigenvalue weighted by Gasteiger charge is 2.22. The van der Waals surface area contributed by atoms with Crippen LogP contribution in [0.15, 0.2) is 48.1 Å². The molecule has 0 spiro atoms. The molecule has 1 aliphatic carbocycles. The lowest BCUT2D eigenvalue weighted by Crippen LogP contribution is -2.38. The first kappa shape index (κ1) is 22.3. The highest BCUT2D eigenvalue weighted by Crippen LogP contribution is 2.21. The smallest absolute Gasteiger partial charge is 0.250 e. The first-order valence-corrected chi connectivity index (χ1v) is 12.0. The Morgan fingerprint density at radius 2 is 1.94 bits per heavy atom. The Labute approximate surface area is 187 Å². The summed E-state index contributed by atoms with van der Waals surface area (Å²) in [6.45, 7) is 9.48. The molecular weight excluding hydrogens is 386 g/mol. The number of hydrogen-bond donors (Lipinski definition) is 1. The molecule has 1 atom stereocenters. The maximum Gasteiger partial charge on any atom is 0.250 e. The van der Waals surface area contributed by atoms with Crippen LogP contribution in [0, 0.1) is 0 Å². The number of hydrogen-bond acceptors (Lipinski definition) is 4. The van der Waals surface area contributed by atoms with E-state index in [-0.39, 0.29) is 12.0 Å². The lowest BCUT2D eigenvalue weighted by Gasteiger charge is -2.33. The van der Waals surface area contributed by atoms with Crippen LogP contribution in [-0.2, 0) is 22.5 Å². The van der Waals surface area contributed by atoms with Gasteiger partial charge in [0.1, 0.15) is 0 Å². The van der Waals surface area contributed by atoms with Gasteiger partial charge in [-0.15, -0.1) is 0 Å². The summed E-state index contributed by atoms with van der Waals surface area (Å²) in [5.74, 6) is 0.0370. The average Bonchev–Trinajstić information content (AvgIpc) is 2.82. The van der Waals surface area contributed by atoms with Gasteiger partial charge in [-0.1, -0.05) is 49.4 Å². The second kappa shape index (κ2) is 11.1. The number of rotatable bonds is 8. The summed E-state index contributed by atoms with van der Waals surface area (Å²) in [5, 5.41) is 3.09. The molecule has 1 N–H and O–H groups in total. The Kier molecular flexibility index (Phi) is 7.95. The number of benzene rings is 1. The summed E-state index contributed by atoms with van der Waals surface area (Å²) in [5.41, 5.74) is 3.70. The summed E-state index contributed by atoms with van der Waals surface area (Å²) >= 11 is 0. The van der Waals surface area contributed by atoms with Crippen molar-refractivity contribution < 1.29 is 9.53 Å². The van der Waals surface area contributed by atoms with E-state index in [9.17, 15) is 4.79 Å². The predicted molar refractivity (Wildman–Crippen MR) is 125 cm³/mol. The number of fused-ring (bicyclic) bond motifs is 1. The Balaban J connectivity index is 1.12. The van der Waals surface area contributed by atoms with Crippen molar-refractivity contribution >= 4 is 5.91 Å². The Bertz CT molecular complexity index is 796. The molecule has 168 valence electrons. The van der Waals surface area contributed by atoms with Gasteiger partial charge in [-0.3, -0.25) is 9.69 Å². The van der Waals surface area contributed by atoms with Crippen LogP contribution in [0.3, 0.4) is 0 Å². The maximum atomic E-state index is 12.5. The first-order chi connectivity index (χ1) is 15.2. The van der Waals surface area contributed by atoms with Gasteiger partial charge in [-0.2, -0.15) is 0 Å². The van der Waals surface area contributed by atoms with Gasteiger partial charge < -0.3 is 15.0 Å². The third kappa shape index (κ3) is 6.28. The van der Waals surface area contributed by atoms with Crippen LogP contribution in [0.4, 0.5) is 0 Å². The molecule has 31 heavy (non-hydrogen) atoms. The second-order valence-electron chi connectivity index (χ2n) is 8.97. The van der Waals surface area contributed by atoms with Crippen molar-refractivity contribution in [1.82, 2.24) is 15.1 Å². The van der Waals surface area contributed by atoms with Crippen LogP contribution in [0.2, 0.25) is 0 Å². The first-order valence-electron chi connectivity index (χ1n) is 12.0. The van der Waals surface area contributed by atoms with Crippen LogP contribution in [0.5, 0.6) is 0 Å². The molecule has 2 heterocycles. The number of carbonyl (C=O) groups excluding carboxylic acids is 1. The molecule has 5 heteroatoms. The highest BCUT2D eigenvalue weighted by atomic mass is 16.5. The Morgan fingerprint density at radius 3 is 2.68 bits per heavy atom. The fourth-order valence-electron chi connectivity index (χ4n) is 4.83. The molecule has 1 fully saturated rings. The fraction of sp³-hybridized carbons (Fsp3) is 0.577. The molecule has 1 aromatic rings. The number of nitrogens with zero attached hydrogens (tertiary/aromatic N) is 2. The van der Waals surface area contributed by atoms with Crippen molar-refractivity contribution in [3.05, 3.63) is 59.2 Å². The van der Waals surface area contributed by atoms with Crippen molar-refractivity contribution in [3.63, 3.8) is 0 Å². The summed E-state index contributed by atoms with van der Waals surface area (Å²) < 4.78 is 6.25. The average molecular weight is 424 g/mol. The largest absolute Gasteiger partial charge is 0.370 e. The van der Waals surface area contributed by atoms with E-state index in [1.54, 1.807) is 0 Å². The highest BCUT2D eigenvalue weighted by molar-refractivity contribution is 5.96. The molecule has 5 nitrogen and oxygen atoms in total. The Hall–Kier alpha value is -1.95. The zero-order chi connectivity index (χ0) is 21.5. The Morgan fingerprint density at radius 1 is 1.13 bits per heavy atom. The molecule has 3 aliphatic rings. The standard InChI is InChI=1S/C26H37N3O2/c1-2-28-18-13-25(14-19-28)31-24-10-8-22(9-11-24)26(30)27-15-5-16-29-17-12-21-6-3-4-7-23(21)20-29/h3-4,6-10,24-25H,2,5,11-20H2,1H3,(H,27,30). The number of nitrogens with one attached hydrogen (secondary N) is 1. The lowest BCUT2D eigenvalue weighted by molar-refractivity contribution is -0.117. The molecular formula is C26H37N3O2. The third-order valence-corrected chi connectivity index (χ3v) is 6.82. The zero-order valence-electron chi connectivity index (χ0n) is 18.9. The lowest BCUT2D eigenvalue weighted by atomic mass is 10.00. The molecule has 0 saturated carbocycles. The van der Waals surface area contributed by atoms with E-state index in [1.165, 1.54) is 11.1 Å². The van der Waals surface area contributed by atoms with Gasteiger partial charge >= 0.3 is 0 Å². The van der Waals surface area contributed by atoms with Crippen molar-refractivity contribution in [2.45, 2.75) is 57.8 Å². The van der Waals surface area contributed by atoms with Gasteiger partial charge in [-0.25, -0.2) is 0 Å². The summed E-state index contributed by atoms with van der Waals surface area (Å²) in [6.07, 6.45) is 11.6. The van der Waals surface area contributed by atoms with Crippen LogP contribution < -0.4 is 5.32 Å². The van der Waals surface area contributed by atoms with Gasteiger partial charge in [-0.05, 0) is 49.8 Å². The quantitative estimate of drug-likeness (QED) is 0.652. The third-order valence-electron chi connectivity index (χ3n) is 6.82. The van der Waals surface area contributed by atoms with Crippen LogP contribution >= 0.6 is 0 Å². The second-order valence-corrected chi connectivity index (χ2v) is 8.97. The van der Waals surface area contributed by atoms with E-state index in [2.05, 4.69) is 52.4 Å². The normalized spacial score (nSPS) is 22.7. The number of amides is 1. The predicted octanol–water partition coefficient (Wildman–Crippen LogP) is 3.31. The van der Waals surface area contributed by atoms with E-state index in [0.717, 1.165) is 83.5 Å². The molecule has 1 aromatic carbocycles. The molecule has 1 saturated heterocycles. The maximum absolute atomic E-state index is 12.5. The molecule has 4 rings (SSSR count). The molecule has 0 aromatic heterocycles. The summed E-state index contributed by atoms with van der Waals surface area (Å²) in [6, 6.07) is 8.72. The molecule has 0 radical (unpaired) electrons. The fourth-order valence-corrected chi connectivity index (χ4v) is 4.83. The number of carbonyl (C=O) groups is 1. The monoisotopic (exact) mass is 423 g/mol. The zero-order valence-corrected chi connectivity index (χ0v) is 18.9. The molecule has 1 unspecified atom stereocenters. The van der Waals surface area contributed by atoms with Crippen molar-refractivity contribution in [1.29, 1.82) is 0 Å². The van der Waals surface area contributed by atoms with E-state index >= 15 is 0 Å². The van der Waals surface area contributed by atoms with E-state index in [4.69, 9.17) is 4.74 Å². The van der Waals surface area contributed by atoms with Crippen molar-refractivity contribution in [3.8, 4) is 0 Å². The van der Waals surface area contributed by atoms with Gasteiger partial charge in [0.15, 0.2) is 0 Å². The van der Waals surface area contributed by atoms with E-state index in [1.807, 2.05) is 12.2 Å². The van der Waals surface area contributed by atoms with Gasteiger partial charge in [0.25, 0.3) is 5.91 Å². The van der Waals surface area contributed by atoms with Crippen LogP contribution in [-0.4, -0.2) is 67.2 Å². The molecule has 2 aliphatic heterocycles. The minimum absolute atomic E-state index is 0.0370. The number of ether oxygens (including phenoxy) is 1. The molecule has 0 bridgehead atoms. The van der Waals surface area contributed by atoms with Crippen LogP contribution in [0.25, 0.3) is 0 Å². The summed E-state index contributed by atoms with van der Waals surface area (Å²) in [4.78, 5) is 17.5. The van der Waals surface area contributed by atoms with E-state index < -0.39 is 0 Å². The SMILES string of the molecule is CCN1CCC(OC2C=CC(C(=O)NCCCN3CCc4ccccc4C3)=CC2)CC1. The van der Waals surface area contributed by atoms with Crippen molar-refractivity contribution in [2.24, 2.45) is 0 Å². The minimum atomic E-state index is 0.0370. The van der Waals surface area contributed by atoms with Gasteiger partial charge in [0.05, 0.1) is 12.2 Å².